The van der Waals surface area contributed by atoms with Crippen LogP contribution in [0.4, 0.5) is 0 Å². The van der Waals surface area contributed by atoms with Gasteiger partial charge in [0.25, 0.3) is 0 Å². The van der Waals surface area contributed by atoms with Crippen LogP contribution in [0, 0.1) is 5.92 Å². The molecule has 0 bridgehead atoms. The van der Waals surface area contributed by atoms with E-state index in [9.17, 15) is 0 Å². The van der Waals surface area contributed by atoms with Crippen LogP contribution in [0.15, 0.2) is 0 Å². The fourth-order valence-electron chi connectivity index (χ4n) is 2.34. The summed E-state index contributed by atoms with van der Waals surface area (Å²) in [5.74, 6) is 0.716. The monoisotopic (exact) mass is 216 g/mol. The van der Waals surface area contributed by atoms with Crippen molar-refractivity contribution in [2.75, 3.05) is 46.5 Å². The minimum absolute atomic E-state index is 0.233. The van der Waals surface area contributed by atoms with Gasteiger partial charge >= 0.3 is 0 Å². The maximum Gasteiger partial charge on any atom is 0.0589 e. The van der Waals surface area contributed by atoms with Crippen molar-refractivity contribution >= 4 is 0 Å². The summed E-state index contributed by atoms with van der Waals surface area (Å²) in [5, 5.41) is 12.5. The zero-order chi connectivity index (χ0) is 11.1. The first kappa shape index (κ1) is 12.9. The van der Waals surface area contributed by atoms with E-state index in [1.165, 1.54) is 6.42 Å². The van der Waals surface area contributed by atoms with Crippen LogP contribution in [0.25, 0.3) is 0 Å². The lowest BCUT2D eigenvalue weighted by molar-refractivity contribution is 0.0910. The highest BCUT2D eigenvalue weighted by molar-refractivity contribution is 4.87. The lowest BCUT2D eigenvalue weighted by Crippen LogP contribution is -2.44. The van der Waals surface area contributed by atoms with Crippen molar-refractivity contribution in [1.82, 2.24) is 10.2 Å². The first-order valence-corrected chi connectivity index (χ1v) is 5.88. The van der Waals surface area contributed by atoms with Crippen molar-refractivity contribution in [2.24, 2.45) is 5.92 Å². The zero-order valence-electron chi connectivity index (χ0n) is 9.91. The Hall–Kier alpha value is -0.160. The molecule has 1 rings (SSSR count). The Morgan fingerprint density at radius 2 is 2.20 bits per heavy atom. The van der Waals surface area contributed by atoms with Gasteiger partial charge in [-0.25, -0.2) is 0 Å². The highest BCUT2D eigenvalue weighted by Gasteiger charge is 2.29. The van der Waals surface area contributed by atoms with Crippen LogP contribution in [-0.4, -0.2) is 62.6 Å². The van der Waals surface area contributed by atoms with Crippen molar-refractivity contribution in [3.05, 3.63) is 0 Å². The van der Waals surface area contributed by atoms with E-state index in [-0.39, 0.29) is 6.61 Å². The summed E-state index contributed by atoms with van der Waals surface area (Å²) in [6.07, 6.45) is 1.20. The second kappa shape index (κ2) is 7.17. The van der Waals surface area contributed by atoms with Crippen LogP contribution >= 0.6 is 0 Å². The molecule has 2 unspecified atom stereocenters. The first-order valence-electron chi connectivity index (χ1n) is 5.88. The third-order valence-electron chi connectivity index (χ3n) is 3.27. The molecule has 1 aliphatic rings. The molecule has 0 spiro atoms. The smallest absolute Gasteiger partial charge is 0.0589 e. The van der Waals surface area contributed by atoms with E-state index in [0.717, 1.165) is 32.8 Å². The van der Waals surface area contributed by atoms with Gasteiger partial charge in [-0.3, -0.25) is 4.90 Å². The maximum absolute atomic E-state index is 9.05. The minimum Gasteiger partial charge on any atom is -0.395 e. The number of nitrogens with zero attached hydrogens (tertiary/aromatic N) is 1. The summed E-state index contributed by atoms with van der Waals surface area (Å²) in [6, 6.07) is 0.567. The molecule has 0 aliphatic carbocycles. The Morgan fingerprint density at radius 1 is 1.40 bits per heavy atom. The van der Waals surface area contributed by atoms with Gasteiger partial charge in [0.05, 0.1) is 13.2 Å². The molecule has 4 heteroatoms. The van der Waals surface area contributed by atoms with Crippen molar-refractivity contribution < 1.29 is 9.84 Å². The molecule has 2 N–H and O–H groups in total. The molecule has 1 heterocycles. The molecule has 0 aromatic carbocycles. The van der Waals surface area contributed by atoms with Crippen LogP contribution in [0.3, 0.4) is 0 Å². The quantitative estimate of drug-likeness (QED) is 0.625. The Kier molecular flexibility index (Phi) is 6.17. The van der Waals surface area contributed by atoms with Gasteiger partial charge in [-0.15, -0.1) is 0 Å². The van der Waals surface area contributed by atoms with E-state index >= 15 is 0 Å². The van der Waals surface area contributed by atoms with Gasteiger partial charge in [0.15, 0.2) is 0 Å². The maximum atomic E-state index is 9.05. The summed E-state index contributed by atoms with van der Waals surface area (Å²) < 4.78 is 5.10. The molecule has 0 aromatic rings. The van der Waals surface area contributed by atoms with Crippen LogP contribution in [0.5, 0.6) is 0 Å². The molecular formula is C11H24N2O2. The van der Waals surface area contributed by atoms with Gasteiger partial charge in [-0.2, -0.15) is 0 Å². The van der Waals surface area contributed by atoms with E-state index in [2.05, 4.69) is 17.1 Å². The number of nitrogens with one attached hydrogen (secondary N) is 1. The van der Waals surface area contributed by atoms with Gasteiger partial charge in [0.2, 0.25) is 0 Å². The summed E-state index contributed by atoms with van der Waals surface area (Å²) in [5.41, 5.74) is 0. The fourth-order valence-corrected chi connectivity index (χ4v) is 2.34. The van der Waals surface area contributed by atoms with E-state index in [0.29, 0.717) is 12.0 Å². The van der Waals surface area contributed by atoms with Crippen molar-refractivity contribution in [1.29, 1.82) is 0 Å². The number of hydrogen-bond donors (Lipinski definition) is 2. The van der Waals surface area contributed by atoms with Crippen molar-refractivity contribution in [2.45, 2.75) is 19.4 Å². The molecule has 1 fully saturated rings. The molecule has 90 valence electrons. The van der Waals surface area contributed by atoms with Crippen LogP contribution in [0.1, 0.15) is 13.3 Å². The Morgan fingerprint density at radius 3 is 2.80 bits per heavy atom. The topological polar surface area (TPSA) is 44.7 Å². The van der Waals surface area contributed by atoms with E-state index in [4.69, 9.17) is 9.84 Å². The molecule has 0 saturated carbocycles. The van der Waals surface area contributed by atoms with Gasteiger partial charge in [-0.05, 0) is 12.5 Å². The van der Waals surface area contributed by atoms with Crippen molar-refractivity contribution in [3.63, 3.8) is 0 Å². The lowest BCUT2D eigenvalue weighted by atomic mass is 9.99. The second-order valence-electron chi connectivity index (χ2n) is 4.15. The summed E-state index contributed by atoms with van der Waals surface area (Å²) >= 11 is 0. The number of methoxy groups -OCH3 is 1. The van der Waals surface area contributed by atoms with E-state index in [1.807, 2.05) is 0 Å². The number of aliphatic hydroxyl groups excluding tert-OH is 1. The van der Waals surface area contributed by atoms with Gasteiger partial charge in [0, 0.05) is 32.8 Å². The third-order valence-corrected chi connectivity index (χ3v) is 3.27. The van der Waals surface area contributed by atoms with E-state index in [1.54, 1.807) is 7.11 Å². The summed E-state index contributed by atoms with van der Waals surface area (Å²) in [6.45, 7) is 7.03. The Bertz CT molecular complexity index is 167. The molecule has 0 amide bonds. The van der Waals surface area contributed by atoms with Gasteiger partial charge in [-0.1, -0.05) is 13.3 Å². The standard InChI is InChI=1S/C11H24N2O2/c1-3-10-8-12-9-11(10)13(4-6-14)5-7-15-2/h10-12,14H,3-9H2,1-2H3. The summed E-state index contributed by atoms with van der Waals surface area (Å²) in [7, 11) is 1.72. The minimum atomic E-state index is 0.233. The highest BCUT2D eigenvalue weighted by Crippen LogP contribution is 2.18. The second-order valence-corrected chi connectivity index (χ2v) is 4.15. The zero-order valence-corrected chi connectivity index (χ0v) is 9.91. The summed E-state index contributed by atoms with van der Waals surface area (Å²) in [4.78, 5) is 2.34. The number of rotatable bonds is 7. The molecule has 15 heavy (non-hydrogen) atoms. The van der Waals surface area contributed by atoms with Crippen molar-refractivity contribution in [3.8, 4) is 0 Å². The molecular weight excluding hydrogens is 192 g/mol. The Balaban J connectivity index is 2.45. The fraction of sp³-hybridized carbons (Fsp3) is 1.00. The molecule has 1 aliphatic heterocycles. The number of ether oxygens (including phenoxy) is 1. The van der Waals surface area contributed by atoms with Gasteiger partial charge in [0.1, 0.15) is 0 Å². The lowest BCUT2D eigenvalue weighted by Gasteiger charge is -2.31. The predicted octanol–water partition coefficient (Wildman–Crippen LogP) is -0.0749. The largest absolute Gasteiger partial charge is 0.395 e. The normalized spacial score (nSPS) is 26.4. The van der Waals surface area contributed by atoms with Crippen LogP contribution in [-0.2, 0) is 4.74 Å². The molecule has 2 atom stereocenters. The van der Waals surface area contributed by atoms with E-state index < -0.39 is 0 Å². The predicted molar refractivity (Wildman–Crippen MR) is 61.0 cm³/mol. The van der Waals surface area contributed by atoms with Crippen LogP contribution < -0.4 is 5.32 Å². The first-order chi connectivity index (χ1) is 7.33. The molecule has 4 nitrogen and oxygen atoms in total. The molecule has 1 saturated heterocycles. The molecule has 0 radical (unpaired) electrons. The third kappa shape index (κ3) is 3.72. The average Bonchev–Trinajstić information content (AvgIpc) is 2.72. The SMILES string of the molecule is CCC1CNCC1N(CCO)CCOC. The number of aliphatic hydroxyl groups is 1. The highest BCUT2D eigenvalue weighted by atomic mass is 16.5. The van der Waals surface area contributed by atoms with Crippen LogP contribution in [0.2, 0.25) is 0 Å². The molecule has 0 aromatic heterocycles. The number of hydrogen-bond acceptors (Lipinski definition) is 4. The average molecular weight is 216 g/mol. The Labute approximate surface area is 92.6 Å². The van der Waals surface area contributed by atoms with Gasteiger partial charge < -0.3 is 15.2 Å².